The van der Waals surface area contributed by atoms with Crippen LogP contribution in [0.4, 0.5) is 5.95 Å². The first kappa shape index (κ1) is 13.7. The fourth-order valence-electron chi connectivity index (χ4n) is 2.60. The molecule has 6 nitrogen and oxygen atoms in total. The number of methoxy groups -OCH3 is 1. The first-order chi connectivity index (χ1) is 10.3. The van der Waals surface area contributed by atoms with Crippen LogP contribution in [0.25, 0.3) is 0 Å². The van der Waals surface area contributed by atoms with Crippen molar-refractivity contribution in [1.29, 1.82) is 0 Å². The predicted molar refractivity (Wildman–Crippen MR) is 79.9 cm³/mol. The van der Waals surface area contributed by atoms with E-state index in [4.69, 9.17) is 9.47 Å². The lowest BCUT2D eigenvalue weighted by molar-refractivity contribution is 0.308. The fourth-order valence-corrected chi connectivity index (χ4v) is 2.60. The van der Waals surface area contributed by atoms with Gasteiger partial charge in [0.1, 0.15) is 24.4 Å². The number of anilines is 1. The highest BCUT2D eigenvalue weighted by Gasteiger charge is 2.23. The first-order valence-electron chi connectivity index (χ1n) is 7.16. The van der Waals surface area contributed by atoms with Crippen LogP contribution in [0.5, 0.6) is 11.5 Å². The lowest BCUT2D eigenvalue weighted by atomic mass is 10.1. The minimum atomic E-state index is 0.566. The highest BCUT2D eigenvalue weighted by Crippen LogP contribution is 2.21. The molecule has 1 atom stereocenters. The van der Waals surface area contributed by atoms with Gasteiger partial charge >= 0.3 is 0 Å². The van der Waals surface area contributed by atoms with Gasteiger partial charge in [-0.05, 0) is 18.1 Å². The van der Waals surface area contributed by atoms with Crippen molar-refractivity contribution in [2.45, 2.75) is 13.5 Å². The average Bonchev–Trinajstić information content (AvgIpc) is 2.95. The SMILES string of the molecule is COc1cccc(OCCN2CC(C)Cn3ncnc32)c1. The Morgan fingerprint density at radius 1 is 1.29 bits per heavy atom. The number of hydrogen-bond donors (Lipinski definition) is 0. The van der Waals surface area contributed by atoms with E-state index < -0.39 is 0 Å². The maximum atomic E-state index is 5.80. The molecule has 0 fully saturated rings. The van der Waals surface area contributed by atoms with Gasteiger partial charge in [-0.15, -0.1) is 0 Å². The van der Waals surface area contributed by atoms with E-state index in [9.17, 15) is 0 Å². The number of rotatable bonds is 5. The van der Waals surface area contributed by atoms with Gasteiger partial charge in [0, 0.05) is 19.2 Å². The Hall–Kier alpha value is -2.24. The van der Waals surface area contributed by atoms with Crippen molar-refractivity contribution in [1.82, 2.24) is 14.8 Å². The molecule has 2 aromatic rings. The zero-order chi connectivity index (χ0) is 14.7. The van der Waals surface area contributed by atoms with Gasteiger partial charge in [0.15, 0.2) is 0 Å². The fraction of sp³-hybridized carbons (Fsp3) is 0.467. The van der Waals surface area contributed by atoms with Crippen molar-refractivity contribution in [2.24, 2.45) is 5.92 Å². The van der Waals surface area contributed by atoms with Crippen molar-refractivity contribution in [3.05, 3.63) is 30.6 Å². The maximum Gasteiger partial charge on any atom is 0.223 e. The molecule has 1 aliphatic rings. The lowest BCUT2D eigenvalue weighted by Crippen LogP contribution is -2.40. The second kappa shape index (κ2) is 6.03. The van der Waals surface area contributed by atoms with E-state index in [1.165, 1.54) is 0 Å². The second-order valence-corrected chi connectivity index (χ2v) is 5.32. The molecule has 1 aliphatic heterocycles. The molecule has 21 heavy (non-hydrogen) atoms. The zero-order valence-electron chi connectivity index (χ0n) is 12.4. The van der Waals surface area contributed by atoms with Gasteiger partial charge in [0.25, 0.3) is 0 Å². The quantitative estimate of drug-likeness (QED) is 0.840. The molecule has 0 saturated heterocycles. The lowest BCUT2D eigenvalue weighted by Gasteiger charge is -2.31. The summed E-state index contributed by atoms with van der Waals surface area (Å²) in [7, 11) is 1.65. The summed E-state index contributed by atoms with van der Waals surface area (Å²) in [6.07, 6.45) is 1.61. The van der Waals surface area contributed by atoms with E-state index in [0.717, 1.165) is 37.1 Å². The summed E-state index contributed by atoms with van der Waals surface area (Å²) in [5, 5.41) is 4.25. The van der Waals surface area contributed by atoms with Crippen molar-refractivity contribution < 1.29 is 9.47 Å². The molecular weight excluding hydrogens is 268 g/mol. The number of aromatic nitrogens is 3. The number of fused-ring (bicyclic) bond motifs is 1. The van der Waals surface area contributed by atoms with Gasteiger partial charge in [0.05, 0.1) is 13.7 Å². The highest BCUT2D eigenvalue weighted by atomic mass is 16.5. The first-order valence-corrected chi connectivity index (χ1v) is 7.16. The molecule has 3 rings (SSSR count). The van der Waals surface area contributed by atoms with Crippen LogP contribution in [0, 0.1) is 5.92 Å². The van der Waals surface area contributed by atoms with Crippen LogP contribution in [0.3, 0.4) is 0 Å². The average molecular weight is 288 g/mol. The molecule has 1 aromatic heterocycles. The van der Waals surface area contributed by atoms with Crippen molar-refractivity contribution in [2.75, 3.05) is 31.7 Å². The molecule has 6 heteroatoms. The number of benzene rings is 1. The minimum Gasteiger partial charge on any atom is -0.497 e. The van der Waals surface area contributed by atoms with Gasteiger partial charge in [-0.1, -0.05) is 13.0 Å². The third kappa shape index (κ3) is 3.09. The van der Waals surface area contributed by atoms with Crippen LogP contribution < -0.4 is 14.4 Å². The van der Waals surface area contributed by atoms with Gasteiger partial charge in [-0.3, -0.25) is 0 Å². The van der Waals surface area contributed by atoms with Crippen LogP contribution in [-0.2, 0) is 6.54 Å². The maximum absolute atomic E-state index is 5.80. The Morgan fingerprint density at radius 2 is 2.14 bits per heavy atom. The van der Waals surface area contributed by atoms with Gasteiger partial charge < -0.3 is 14.4 Å². The van der Waals surface area contributed by atoms with Crippen LogP contribution in [0.2, 0.25) is 0 Å². The van der Waals surface area contributed by atoms with Crippen molar-refractivity contribution in [3.63, 3.8) is 0 Å². The number of nitrogens with zero attached hydrogens (tertiary/aromatic N) is 4. The molecule has 0 aliphatic carbocycles. The van der Waals surface area contributed by atoms with E-state index in [0.29, 0.717) is 12.5 Å². The van der Waals surface area contributed by atoms with Crippen LogP contribution in [0.1, 0.15) is 6.92 Å². The monoisotopic (exact) mass is 288 g/mol. The Morgan fingerprint density at radius 3 is 3.00 bits per heavy atom. The summed E-state index contributed by atoms with van der Waals surface area (Å²) in [5.41, 5.74) is 0. The van der Waals surface area contributed by atoms with Crippen LogP contribution in [-0.4, -0.2) is 41.6 Å². The van der Waals surface area contributed by atoms with E-state index in [2.05, 4.69) is 21.9 Å². The summed E-state index contributed by atoms with van der Waals surface area (Å²) in [6, 6.07) is 7.65. The van der Waals surface area contributed by atoms with Crippen molar-refractivity contribution in [3.8, 4) is 11.5 Å². The molecular formula is C15H20N4O2. The van der Waals surface area contributed by atoms with Gasteiger partial charge in [-0.2, -0.15) is 10.1 Å². The smallest absolute Gasteiger partial charge is 0.223 e. The molecule has 1 unspecified atom stereocenters. The second-order valence-electron chi connectivity index (χ2n) is 5.32. The standard InChI is InChI=1S/C15H20N4O2/c1-12-9-18(15-16-11-17-19(15)10-12)6-7-21-14-5-3-4-13(8-14)20-2/h3-5,8,11-12H,6-7,9-10H2,1-2H3. The topological polar surface area (TPSA) is 52.4 Å². The Balaban J connectivity index is 1.58. The van der Waals surface area contributed by atoms with E-state index in [1.54, 1.807) is 13.4 Å². The predicted octanol–water partition coefficient (Wildman–Crippen LogP) is 1.82. The molecule has 1 aromatic carbocycles. The molecule has 112 valence electrons. The Bertz CT molecular complexity index is 599. The van der Waals surface area contributed by atoms with Gasteiger partial charge in [-0.25, -0.2) is 4.68 Å². The number of hydrogen-bond acceptors (Lipinski definition) is 5. The minimum absolute atomic E-state index is 0.566. The zero-order valence-corrected chi connectivity index (χ0v) is 12.4. The summed E-state index contributed by atoms with van der Waals surface area (Å²) in [5.74, 6) is 3.12. The molecule has 0 radical (unpaired) electrons. The molecule has 0 spiro atoms. The van der Waals surface area contributed by atoms with E-state index in [1.807, 2.05) is 28.9 Å². The largest absolute Gasteiger partial charge is 0.497 e. The summed E-state index contributed by atoms with van der Waals surface area (Å²) in [6.45, 7) is 5.54. The van der Waals surface area contributed by atoms with Gasteiger partial charge in [0.2, 0.25) is 5.95 Å². The highest BCUT2D eigenvalue weighted by molar-refractivity contribution is 5.33. The van der Waals surface area contributed by atoms with Crippen molar-refractivity contribution >= 4 is 5.95 Å². The third-order valence-electron chi connectivity index (χ3n) is 3.57. The normalized spacial score (nSPS) is 17.4. The summed E-state index contributed by atoms with van der Waals surface area (Å²) < 4.78 is 12.9. The van der Waals surface area contributed by atoms with Crippen LogP contribution in [0.15, 0.2) is 30.6 Å². The third-order valence-corrected chi connectivity index (χ3v) is 3.57. The number of ether oxygens (including phenoxy) is 2. The molecule has 0 bridgehead atoms. The Kier molecular flexibility index (Phi) is 3.94. The molecule has 0 N–H and O–H groups in total. The Labute approximate surface area is 124 Å². The molecule has 0 amide bonds. The van der Waals surface area contributed by atoms with Crippen LogP contribution >= 0.6 is 0 Å². The molecule has 2 heterocycles. The van der Waals surface area contributed by atoms with E-state index in [-0.39, 0.29) is 0 Å². The summed E-state index contributed by atoms with van der Waals surface area (Å²) in [4.78, 5) is 6.55. The van der Waals surface area contributed by atoms with E-state index >= 15 is 0 Å². The molecule has 0 saturated carbocycles. The summed E-state index contributed by atoms with van der Waals surface area (Å²) >= 11 is 0.